The fraction of sp³-hybridized carbons (Fsp3) is 0.550. The van der Waals surface area contributed by atoms with E-state index in [2.05, 4.69) is 17.3 Å². The average Bonchev–Trinajstić information content (AvgIpc) is 3.03. The summed E-state index contributed by atoms with van der Waals surface area (Å²) in [6.45, 7) is 4.47. The predicted octanol–water partition coefficient (Wildman–Crippen LogP) is 3.68. The lowest BCUT2D eigenvalue weighted by Crippen LogP contribution is -2.29. The maximum atomic E-state index is 10.8. The average molecular weight is 372 g/mol. The maximum absolute atomic E-state index is 10.8. The molecule has 1 saturated carbocycles. The number of hydrogen-bond acceptors (Lipinski definition) is 5. The van der Waals surface area contributed by atoms with Crippen LogP contribution >= 0.6 is 0 Å². The van der Waals surface area contributed by atoms with Gasteiger partial charge in [0.25, 0.3) is 5.69 Å². The SMILES string of the molecule is CC1CCCCC1OCCNCc1cn(C)nc1-c1ccc([N+](=O)[O-])cc1. The van der Waals surface area contributed by atoms with Crippen molar-refractivity contribution in [3.63, 3.8) is 0 Å². The number of rotatable bonds is 8. The molecular formula is C20H28N4O3. The van der Waals surface area contributed by atoms with Gasteiger partial charge >= 0.3 is 0 Å². The summed E-state index contributed by atoms with van der Waals surface area (Å²) in [6.07, 6.45) is 7.42. The molecule has 2 atom stereocenters. The van der Waals surface area contributed by atoms with Crippen molar-refractivity contribution in [2.24, 2.45) is 13.0 Å². The zero-order chi connectivity index (χ0) is 19.2. The van der Waals surface area contributed by atoms with Crippen LogP contribution < -0.4 is 5.32 Å². The molecule has 2 unspecified atom stereocenters. The Kier molecular flexibility index (Phi) is 6.58. The molecule has 1 aliphatic carbocycles. The molecular weight excluding hydrogens is 344 g/mol. The molecule has 1 heterocycles. The van der Waals surface area contributed by atoms with Crippen molar-refractivity contribution >= 4 is 5.69 Å². The number of aryl methyl sites for hydroxylation is 1. The second-order valence-corrected chi connectivity index (χ2v) is 7.33. The summed E-state index contributed by atoms with van der Waals surface area (Å²) in [5.41, 5.74) is 2.88. The third-order valence-electron chi connectivity index (χ3n) is 5.22. The first-order valence-corrected chi connectivity index (χ1v) is 9.64. The van der Waals surface area contributed by atoms with E-state index in [9.17, 15) is 10.1 Å². The monoisotopic (exact) mass is 372 g/mol. The summed E-state index contributed by atoms with van der Waals surface area (Å²) in [5.74, 6) is 0.658. The minimum Gasteiger partial charge on any atom is -0.377 e. The third kappa shape index (κ3) is 5.14. The topological polar surface area (TPSA) is 82.2 Å². The molecule has 2 aromatic rings. The molecule has 0 bridgehead atoms. The third-order valence-corrected chi connectivity index (χ3v) is 5.22. The molecule has 1 aromatic carbocycles. The fourth-order valence-corrected chi connectivity index (χ4v) is 3.69. The van der Waals surface area contributed by atoms with Gasteiger partial charge in [0, 0.05) is 49.6 Å². The van der Waals surface area contributed by atoms with Crippen LogP contribution in [0.5, 0.6) is 0 Å². The largest absolute Gasteiger partial charge is 0.377 e. The molecule has 1 fully saturated rings. The van der Waals surface area contributed by atoms with E-state index >= 15 is 0 Å². The van der Waals surface area contributed by atoms with Gasteiger partial charge in [-0.25, -0.2) is 0 Å². The zero-order valence-corrected chi connectivity index (χ0v) is 16.1. The zero-order valence-electron chi connectivity index (χ0n) is 16.1. The highest BCUT2D eigenvalue weighted by molar-refractivity contribution is 5.64. The van der Waals surface area contributed by atoms with Gasteiger partial charge in [0.15, 0.2) is 0 Å². The van der Waals surface area contributed by atoms with Crippen molar-refractivity contribution in [2.45, 2.75) is 45.3 Å². The lowest BCUT2D eigenvalue weighted by atomic mass is 9.88. The first kappa shape index (κ1) is 19.5. The quantitative estimate of drug-likeness (QED) is 0.434. The number of nitrogens with one attached hydrogen (secondary N) is 1. The first-order valence-electron chi connectivity index (χ1n) is 9.64. The van der Waals surface area contributed by atoms with Crippen molar-refractivity contribution in [1.29, 1.82) is 0 Å². The molecule has 0 aliphatic heterocycles. The normalized spacial score (nSPS) is 19.9. The molecule has 0 spiro atoms. The molecule has 3 rings (SSSR count). The van der Waals surface area contributed by atoms with Crippen LogP contribution in [0.4, 0.5) is 5.69 Å². The molecule has 27 heavy (non-hydrogen) atoms. The summed E-state index contributed by atoms with van der Waals surface area (Å²) in [4.78, 5) is 10.4. The van der Waals surface area contributed by atoms with Crippen LogP contribution in [0.15, 0.2) is 30.5 Å². The number of benzene rings is 1. The van der Waals surface area contributed by atoms with E-state index in [1.807, 2.05) is 13.2 Å². The van der Waals surface area contributed by atoms with Crippen LogP contribution in [0.2, 0.25) is 0 Å². The molecule has 0 saturated heterocycles. The Hall–Kier alpha value is -2.25. The predicted molar refractivity (Wildman–Crippen MR) is 104 cm³/mol. The standard InChI is InChI=1S/C20H28N4O3/c1-15-5-3-4-6-19(15)27-12-11-21-13-17-14-23(2)22-20(17)16-7-9-18(10-8-16)24(25)26/h7-10,14-15,19,21H,3-6,11-13H2,1-2H3. The van der Waals surface area contributed by atoms with Gasteiger partial charge < -0.3 is 10.1 Å². The van der Waals surface area contributed by atoms with Crippen LogP contribution in [0.25, 0.3) is 11.3 Å². The number of hydrogen-bond donors (Lipinski definition) is 1. The van der Waals surface area contributed by atoms with Crippen LogP contribution in [-0.4, -0.2) is 34.0 Å². The smallest absolute Gasteiger partial charge is 0.269 e. The van der Waals surface area contributed by atoms with E-state index in [1.54, 1.807) is 16.8 Å². The Labute approximate surface area is 159 Å². The highest BCUT2D eigenvalue weighted by Crippen LogP contribution is 2.26. The van der Waals surface area contributed by atoms with E-state index in [4.69, 9.17) is 4.74 Å². The van der Waals surface area contributed by atoms with Crippen LogP contribution in [-0.2, 0) is 18.3 Å². The fourth-order valence-electron chi connectivity index (χ4n) is 3.69. The summed E-state index contributed by atoms with van der Waals surface area (Å²) in [6, 6.07) is 6.52. The van der Waals surface area contributed by atoms with Gasteiger partial charge in [-0.3, -0.25) is 14.8 Å². The first-order chi connectivity index (χ1) is 13.0. The Morgan fingerprint density at radius 3 is 2.74 bits per heavy atom. The van der Waals surface area contributed by atoms with Crippen molar-refractivity contribution in [3.05, 3.63) is 46.1 Å². The molecule has 7 heteroatoms. The number of nitro benzene ring substituents is 1. The van der Waals surface area contributed by atoms with Crippen molar-refractivity contribution < 1.29 is 9.66 Å². The van der Waals surface area contributed by atoms with E-state index in [-0.39, 0.29) is 5.69 Å². The molecule has 0 radical (unpaired) electrons. The van der Waals surface area contributed by atoms with Gasteiger partial charge in [-0.2, -0.15) is 5.10 Å². The van der Waals surface area contributed by atoms with Crippen molar-refractivity contribution in [1.82, 2.24) is 15.1 Å². The summed E-state index contributed by atoms with van der Waals surface area (Å²) in [5, 5.41) is 18.8. The van der Waals surface area contributed by atoms with Crippen LogP contribution in [0, 0.1) is 16.0 Å². The minimum absolute atomic E-state index is 0.0865. The number of nitro groups is 1. The highest BCUT2D eigenvalue weighted by Gasteiger charge is 2.21. The van der Waals surface area contributed by atoms with Gasteiger partial charge in [0.1, 0.15) is 0 Å². The lowest BCUT2D eigenvalue weighted by Gasteiger charge is -2.28. The molecule has 0 amide bonds. The van der Waals surface area contributed by atoms with Crippen LogP contribution in [0.1, 0.15) is 38.2 Å². The number of ether oxygens (including phenoxy) is 1. The molecule has 1 aromatic heterocycles. The maximum Gasteiger partial charge on any atom is 0.269 e. The van der Waals surface area contributed by atoms with Gasteiger partial charge in [-0.05, 0) is 30.9 Å². The van der Waals surface area contributed by atoms with Gasteiger partial charge in [-0.15, -0.1) is 0 Å². The Morgan fingerprint density at radius 2 is 2.04 bits per heavy atom. The second-order valence-electron chi connectivity index (χ2n) is 7.33. The molecule has 1 aliphatic rings. The minimum atomic E-state index is -0.391. The summed E-state index contributed by atoms with van der Waals surface area (Å²) >= 11 is 0. The molecule has 146 valence electrons. The Bertz CT molecular complexity index is 757. The summed E-state index contributed by atoms with van der Waals surface area (Å²) in [7, 11) is 1.88. The van der Waals surface area contributed by atoms with E-state index in [0.717, 1.165) is 23.4 Å². The number of nitrogens with zero attached hydrogens (tertiary/aromatic N) is 3. The molecule has 1 N–H and O–H groups in total. The van der Waals surface area contributed by atoms with E-state index < -0.39 is 4.92 Å². The highest BCUT2D eigenvalue weighted by atomic mass is 16.6. The second kappa shape index (κ2) is 9.10. The molecule has 7 nitrogen and oxygen atoms in total. The number of non-ortho nitro benzene ring substituents is 1. The summed E-state index contributed by atoms with van der Waals surface area (Å²) < 4.78 is 7.81. The lowest BCUT2D eigenvalue weighted by molar-refractivity contribution is -0.384. The van der Waals surface area contributed by atoms with Crippen molar-refractivity contribution in [3.8, 4) is 11.3 Å². The Balaban J connectivity index is 1.52. The van der Waals surface area contributed by atoms with E-state index in [1.165, 1.54) is 37.8 Å². The van der Waals surface area contributed by atoms with E-state index in [0.29, 0.717) is 25.2 Å². The van der Waals surface area contributed by atoms with Gasteiger partial charge in [-0.1, -0.05) is 19.8 Å². The van der Waals surface area contributed by atoms with Crippen molar-refractivity contribution in [2.75, 3.05) is 13.2 Å². The van der Waals surface area contributed by atoms with Crippen LogP contribution in [0.3, 0.4) is 0 Å². The van der Waals surface area contributed by atoms with Gasteiger partial charge in [0.05, 0.1) is 23.3 Å². The van der Waals surface area contributed by atoms with Gasteiger partial charge in [0.2, 0.25) is 0 Å². The Morgan fingerprint density at radius 1 is 1.30 bits per heavy atom. The number of aromatic nitrogens is 2.